The molecule has 0 N–H and O–H groups in total. The molecule has 25 heavy (non-hydrogen) atoms. The molecular weight excluding hydrogens is 348 g/mol. The van der Waals surface area contributed by atoms with Crippen LogP contribution in [0.3, 0.4) is 0 Å². The minimum absolute atomic E-state index is 0.0518. The van der Waals surface area contributed by atoms with Crippen molar-refractivity contribution in [2.45, 2.75) is 78.3 Å². The second-order valence-corrected chi connectivity index (χ2v) is 15.0. The van der Waals surface area contributed by atoms with Crippen LogP contribution in [0.5, 0.6) is 0 Å². The van der Waals surface area contributed by atoms with Crippen molar-refractivity contribution in [2.24, 2.45) is 17.3 Å². The minimum Gasteiger partial charge on any atom is -0.520 e. The number of hydrogen-bond donors (Lipinski definition) is 0. The maximum absolute atomic E-state index is 12.8. The van der Waals surface area contributed by atoms with Crippen LogP contribution in [0.2, 0.25) is 19.6 Å². The minimum atomic E-state index is -1.77. The van der Waals surface area contributed by atoms with Crippen LogP contribution in [-0.2, 0) is 14.0 Å². The predicted octanol–water partition coefficient (Wildman–Crippen LogP) is 5.46. The standard InChI is InChI=1S/C20H36O3SSi/c1-15-10-8-12-20(3,4)19(15)17(21)14-16(2)24-13-9-11-18(22)23-25(5,6)7/h8,10,15-16,19H,9,11-14H2,1-7H3. The van der Waals surface area contributed by atoms with E-state index in [0.29, 0.717) is 29.8 Å². The number of rotatable bonds is 9. The van der Waals surface area contributed by atoms with Gasteiger partial charge >= 0.3 is 0 Å². The SMILES string of the molecule is CC(CC(=O)C1C(C)C=CCC1(C)C)SCCCC(=O)O[Si](C)(C)C. The first-order valence-electron chi connectivity index (χ1n) is 9.45. The van der Waals surface area contributed by atoms with Gasteiger partial charge < -0.3 is 4.43 Å². The Labute approximate surface area is 159 Å². The molecule has 0 heterocycles. The van der Waals surface area contributed by atoms with Crippen LogP contribution in [0, 0.1) is 17.3 Å². The molecule has 0 spiro atoms. The van der Waals surface area contributed by atoms with Crippen LogP contribution in [0.25, 0.3) is 0 Å². The van der Waals surface area contributed by atoms with Crippen LogP contribution in [0.4, 0.5) is 0 Å². The van der Waals surface area contributed by atoms with E-state index < -0.39 is 8.32 Å². The lowest BCUT2D eigenvalue weighted by Crippen LogP contribution is -2.38. The zero-order valence-electron chi connectivity index (χ0n) is 17.1. The predicted molar refractivity (Wildman–Crippen MR) is 110 cm³/mol. The summed E-state index contributed by atoms with van der Waals surface area (Å²) in [7, 11) is -1.77. The highest BCUT2D eigenvalue weighted by atomic mass is 32.2. The van der Waals surface area contributed by atoms with Crippen molar-refractivity contribution in [3.63, 3.8) is 0 Å². The lowest BCUT2D eigenvalue weighted by Gasteiger charge is -2.39. The summed E-state index contributed by atoms with van der Waals surface area (Å²) in [6.45, 7) is 14.8. The Morgan fingerprint density at radius 1 is 1.32 bits per heavy atom. The van der Waals surface area contributed by atoms with Crippen molar-refractivity contribution >= 4 is 31.8 Å². The van der Waals surface area contributed by atoms with E-state index in [1.165, 1.54) is 0 Å². The first-order valence-corrected chi connectivity index (χ1v) is 13.9. The van der Waals surface area contributed by atoms with Crippen molar-refractivity contribution in [1.29, 1.82) is 0 Å². The van der Waals surface area contributed by atoms with E-state index in [9.17, 15) is 9.59 Å². The van der Waals surface area contributed by atoms with Gasteiger partial charge in [0.25, 0.3) is 5.97 Å². The van der Waals surface area contributed by atoms with E-state index >= 15 is 0 Å². The summed E-state index contributed by atoms with van der Waals surface area (Å²) in [4.78, 5) is 24.6. The molecule has 0 aromatic rings. The Balaban J connectivity index is 2.34. The molecule has 3 atom stereocenters. The highest BCUT2D eigenvalue weighted by Crippen LogP contribution is 2.42. The van der Waals surface area contributed by atoms with Crippen LogP contribution < -0.4 is 0 Å². The monoisotopic (exact) mass is 384 g/mol. The summed E-state index contributed by atoms with van der Waals surface area (Å²) >= 11 is 1.79. The van der Waals surface area contributed by atoms with Gasteiger partial charge in [-0.05, 0) is 49.6 Å². The van der Waals surface area contributed by atoms with Crippen LogP contribution >= 0.6 is 11.8 Å². The van der Waals surface area contributed by atoms with Crippen molar-refractivity contribution in [3.05, 3.63) is 12.2 Å². The second kappa shape index (κ2) is 9.40. The molecule has 0 aromatic heterocycles. The third-order valence-corrected chi connectivity index (χ3v) is 6.73. The summed E-state index contributed by atoms with van der Waals surface area (Å²) < 4.78 is 5.45. The molecule has 144 valence electrons. The Morgan fingerprint density at radius 3 is 2.52 bits per heavy atom. The van der Waals surface area contributed by atoms with Gasteiger partial charge in [-0.15, -0.1) is 0 Å². The fourth-order valence-corrected chi connectivity index (χ4v) is 5.41. The molecule has 0 amide bonds. The molecule has 0 fully saturated rings. The second-order valence-electron chi connectivity index (χ2n) is 9.00. The van der Waals surface area contributed by atoms with Gasteiger partial charge in [-0.2, -0.15) is 11.8 Å². The van der Waals surface area contributed by atoms with E-state index in [4.69, 9.17) is 4.43 Å². The van der Waals surface area contributed by atoms with E-state index in [1.807, 2.05) is 19.6 Å². The van der Waals surface area contributed by atoms with Gasteiger partial charge in [0.2, 0.25) is 8.32 Å². The molecule has 0 bridgehead atoms. The third kappa shape index (κ3) is 8.12. The maximum atomic E-state index is 12.8. The molecule has 0 aliphatic heterocycles. The number of carbonyl (C=O) groups excluding carboxylic acids is 2. The number of hydrogen-bond acceptors (Lipinski definition) is 4. The quantitative estimate of drug-likeness (QED) is 0.300. The normalized spacial score (nSPS) is 24.0. The Morgan fingerprint density at radius 2 is 1.96 bits per heavy atom. The van der Waals surface area contributed by atoms with Crippen LogP contribution in [0.1, 0.15) is 53.4 Å². The molecule has 0 radical (unpaired) electrons. The van der Waals surface area contributed by atoms with E-state index in [1.54, 1.807) is 11.8 Å². The number of allylic oxidation sites excluding steroid dienone is 2. The van der Waals surface area contributed by atoms with Gasteiger partial charge in [-0.1, -0.05) is 39.8 Å². The zero-order valence-corrected chi connectivity index (χ0v) is 18.9. The molecule has 0 aromatic carbocycles. The van der Waals surface area contributed by atoms with Crippen molar-refractivity contribution in [2.75, 3.05) is 5.75 Å². The molecule has 1 aliphatic carbocycles. The fourth-order valence-electron chi connectivity index (χ4n) is 3.63. The smallest absolute Gasteiger partial charge is 0.292 e. The van der Waals surface area contributed by atoms with Crippen molar-refractivity contribution < 1.29 is 14.0 Å². The van der Waals surface area contributed by atoms with Gasteiger partial charge in [0, 0.05) is 24.0 Å². The van der Waals surface area contributed by atoms with E-state index in [2.05, 4.69) is 39.8 Å². The van der Waals surface area contributed by atoms with Crippen molar-refractivity contribution in [3.8, 4) is 0 Å². The van der Waals surface area contributed by atoms with Crippen LogP contribution in [-0.4, -0.2) is 31.1 Å². The van der Waals surface area contributed by atoms with Gasteiger partial charge in [0.05, 0.1) is 0 Å². The summed E-state index contributed by atoms with van der Waals surface area (Å²) in [5.41, 5.74) is 0.0518. The summed E-state index contributed by atoms with van der Waals surface area (Å²) in [6, 6.07) is 0. The number of thioether (sulfide) groups is 1. The van der Waals surface area contributed by atoms with Crippen LogP contribution in [0.15, 0.2) is 12.2 Å². The summed E-state index contributed by atoms with van der Waals surface area (Å²) in [6.07, 6.45) is 7.31. The van der Waals surface area contributed by atoms with Crippen molar-refractivity contribution in [1.82, 2.24) is 0 Å². The average Bonchev–Trinajstić information content (AvgIpc) is 2.40. The zero-order chi connectivity index (χ0) is 19.3. The van der Waals surface area contributed by atoms with E-state index in [-0.39, 0.29) is 17.3 Å². The Kier molecular flexibility index (Phi) is 8.46. The first kappa shape index (κ1) is 22.5. The highest BCUT2D eigenvalue weighted by Gasteiger charge is 2.39. The lowest BCUT2D eigenvalue weighted by atomic mass is 9.65. The maximum Gasteiger partial charge on any atom is 0.292 e. The first-order chi connectivity index (χ1) is 11.4. The van der Waals surface area contributed by atoms with E-state index in [0.717, 1.165) is 18.6 Å². The largest absolute Gasteiger partial charge is 0.520 e. The Hall–Kier alpha value is -0.553. The number of Topliss-reactive ketones (excluding diaryl/α,β-unsaturated/α-hetero) is 1. The third-order valence-electron chi connectivity index (χ3n) is 4.63. The molecule has 0 saturated heterocycles. The molecule has 3 unspecified atom stereocenters. The molecule has 3 nitrogen and oxygen atoms in total. The molecule has 5 heteroatoms. The van der Waals surface area contributed by atoms with Gasteiger partial charge in [0.15, 0.2) is 0 Å². The van der Waals surface area contributed by atoms with Gasteiger partial charge in [-0.25, -0.2) is 0 Å². The average molecular weight is 385 g/mol. The molecule has 0 saturated carbocycles. The number of carbonyl (C=O) groups is 2. The molecule has 1 aliphatic rings. The number of ketones is 1. The molecule has 1 rings (SSSR count). The fraction of sp³-hybridized carbons (Fsp3) is 0.800. The topological polar surface area (TPSA) is 43.4 Å². The summed E-state index contributed by atoms with van der Waals surface area (Å²) in [5, 5.41) is 0.300. The summed E-state index contributed by atoms with van der Waals surface area (Å²) in [5.74, 6) is 1.66. The van der Waals surface area contributed by atoms with Gasteiger partial charge in [0.1, 0.15) is 5.78 Å². The van der Waals surface area contributed by atoms with Gasteiger partial charge in [-0.3, -0.25) is 9.59 Å². The molecular formula is C20H36O3SSi. The highest BCUT2D eigenvalue weighted by molar-refractivity contribution is 7.99. The lowest BCUT2D eigenvalue weighted by molar-refractivity contribution is -0.135. The Bertz CT molecular complexity index is 494.